The van der Waals surface area contributed by atoms with Gasteiger partial charge in [0.15, 0.2) is 5.88 Å². The molecule has 15 heavy (non-hydrogen) atoms. The summed E-state index contributed by atoms with van der Waals surface area (Å²) in [5.74, 6) is -0.488. The van der Waals surface area contributed by atoms with Crippen LogP contribution in [0.3, 0.4) is 0 Å². The zero-order chi connectivity index (χ0) is 11.3. The molecule has 0 bridgehead atoms. The Labute approximate surface area is 88.8 Å². The monoisotopic (exact) mass is 209 g/mol. The molecule has 0 saturated heterocycles. The van der Waals surface area contributed by atoms with E-state index in [-0.39, 0.29) is 5.76 Å². The molecule has 1 aromatic rings. The van der Waals surface area contributed by atoms with Crippen LogP contribution in [0.1, 0.15) is 23.4 Å². The van der Waals surface area contributed by atoms with Gasteiger partial charge in [-0.05, 0) is 18.9 Å². The van der Waals surface area contributed by atoms with Gasteiger partial charge in [-0.25, -0.2) is 4.79 Å². The molecule has 0 aromatic carbocycles. The summed E-state index contributed by atoms with van der Waals surface area (Å²) in [6.07, 6.45) is 3.78. The van der Waals surface area contributed by atoms with E-state index in [2.05, 4.69) is 6.58 Å². The lowest BCUT2D eigenvalue weighted by atomic mass is 10.3. The zero-order valence-electron chi connectivity index (χ0n) is 8.77. The number of carbonyl (C=O) groups is 1. The van der Waals surface area contributed by atoms with Gasteiger partial charge in [-0.15, -0.1) is 6.58 Å². The number of carboxylic acid groups (broad SMARTS) is 1. The van der Waals surface area contributed by atoms with Crippen LogP contribution in [-0.2, 0) is 0 Å². The number of carboxylic acids is 1. The number of furan rings is 1. The fourth-order valence-corrected chi connectivity index (χ4v) is 1.23. The van der Waals surface area contributed by atoms with Gasteiger partial charge in [0.25, 0.3) is 0 Å². The number of anilines is 1. The average Bonchev–Trinajstić information content (AvgIpc) is 2.66. The lowest BCUT2D eigenvalue weighted by Gasteiger charge is -2.14. The number of allylic oxidation sites excluding steroid dienone is 1. The van der Waals surface area contributed by atoms with E-state index in [1.165, 1.54) is 6.07 Å². The van der Waals surface area contributed by atoms with Crippen molar-refractivity contribution in [3.63, 3.8) is 0 Å². The highest BCUT2D eigenvalue weighted by atomic mass is 16.4. The van der Waals surface area contributed by atoms with Crippen molar-refractivity contribution in [3.8, 4) is 0 Å². The van der Waals surface area contributed by atoms with Crippen molar-refractivity contribution in [1.29, 1.82) is 0 Å². The van der Waals surface area contributed by atoms with E-state index in [1.807, 2.05) is 18.0 Å². The molecule has 4 heteroatoms. The highest BCUT2D eigenvalue weighted by Gasteiger charge is 2.11. The van der Waals surface area contributed by atoms with Crippen LogP contribution in [0.5, 0.6) is 0 Å². The second-order valence-electron chi connectivity index (χ2n) is 3.30. The first-order chi connectivity index (χ1) is 7.15. The minimum absolute atomic E-state index is 0.0272. The molecule has 0 amide bonds. The molecule has 1 aromatic heterocycles. The summed E-state index contributed by atoms with van der Waals surface area (Å²) in [5, 5.41) is 8.67. The highest BCUT2D eigenvalue weighted by molar-refractivity contribution is 5.84. The summed E-state index contributed by atoms with van der Waals surface area (Å²) in [7, 11) is 1.87. The zero-order valence-corrected chi connectivity index (χ0v) is 8.77. The standard InChI is InChI=1S/C11H15NO3/c1-3-4-5-8-12(2)10-7-6-9(15-10)11(13)14/h3,6-7H,1,4-5,8H2,2H3,(H,13,14). The van der Waals surface area contributed by atoms with Gasteiger partial charge in [0.1, 0.15) is 0 Å². The smallest absolute Gasteiger partial charge is 0.371 e. The molecule has 0 atom stereocenters. The number of hydrogen-bond donors (Lipinski definition) is 1. The lowest BCUT2D eigenvalue weighted by Crippen LogP contribution is -2.17. The predicted molar refractivity (Wildman–Crippen MR) is 58.4 cm³/mol. The van der Waals surface area contributed by atoms with Crippen molar-refractivity contribution < 1.29 is 14.3 Å². The minimum Gasteiger partial charge on any atom is -0.475 e. The molecule has 1 heterocycles. The Kier molecular flexibility index (Phi) is 3.97. The number of rotatable bonds is 6. The molecule has 1 N–H and O–H groups in total. The normalized spacial score (nSPS) is 9.93. The van der Waals surface area contributed by atoms with Gasteiger partial charge in [0.2, 0.25) is 5.76 Å². The van der Waals surface area contributed by atoms with Crippen molar-refractivity contribution in [2.75, 3.05) is 18.5 Å². The Morgan fingerprint density at radius 1 is 1.67 bits per heavy atom. The summed E-state index contributed by atoms with van der Waals surface area (Å²) >= 11 is 0. The van der Waals surface area contributed by atoms with Crippen LogP contribution in [0.25, 0.3) is 0 Å². The maximum atomic E-state index is 10.6. The van der Waals surface area contributed by atoms with Crippen molar-refractivity contribution >= 4 is 11.9 Å². The second kappa shape index (κ2) is 5.24. The molecular formula is C11H15NO3. The molecular weight excluding hydrogens is 194 g/mol. The van der Waals surface area contributed by atoms with Crippen molar-refractivity contribution in [2.45, 2.75) is 12.8 Å². The first-order valence-electron chi connectivity index (χ1n) is 4.80. The third-order valence-corrected chi connectivity index (χ3v) is 2.08. The Bertz CT molecular complexity index is 343. The highest BCUT2D eigenvalue weighted by Crippen LogP contribution is 2.17. The van der Waals surface area contributed by atoms with Crippen LogP contribution in [0.2, 0.25) is 0 Å². The van der Waals surface area contributed by atoms with Gasteiger partial charge < -0.3 is 14.4 Å². The van der Waals surface area contributed by atoms with E-state index in [4.69, 9.17) is 9.52 Å². The van der Waals surface area contributed by atoms with Crippen LogP contribution < -0.4 is 4.90 Å². The molecule has 4 nitrogen and oxygen atoms in total. The van der Waals surface area contributed by atoms with Gasteiger partial charge in [-0.2, -0.15) is 0 Å². The van der Waals surface area contributed by atoms with Crippen LogP contribution in [-0.4, -0.2) is 24.7 Å². The molecule has 0 aliphatic rings. The molecule has 0 fully saturated rings. The van der Waals surface area contributed by atoms with Crippen molar-refractivity contribution in [1.82, 2.24) is 0 Å². The van der Waals surface area contributed by atoms with Gasteiger partial charge in [-0.3, -0.25) is 0 Å². The van der Waals surface area contributed by atoms with Crippen LogP contribution in [0, 0.1) is 0 Å². The van der Waals surface area contributed by atoms with Crippen LogP contribution in [0.4, 0.5) is 5.88 Å². The van der Waals surface area contributed by atoms with Crippen LogP contribution >= 0.6 is 0 Å². The molecule has 0 unspecified atom stereocenters. The quantitative estimate of drug-likeness (QED) is 0.577. The fourth-order valence-electron chi connectivity index (χ4n) is 1.23. The maximum absolute atomic E-state index is 10.6. The summed E-state index contributed by atoms with van der Waals surface area (Å²) < 4.78 is 5.14. The molecule has 0 aliphatic carbocycles. The average molecular weight is 209 g/mol. The first-order valence-corrected chi connectivity index (χ1v) is 4.80. The van der Waals surface area contributed by atoms with E-state index >= 15 is 0 Å². The van der Waals surface area contributed by atoms with Gasteiger partial charge >= 0.3 is 5.97 Å². The maximum Gasteiger partial charge on any atom is 0.371 e. The second-order valence-corrected chi connectivity index (χ2v) is 3.30. The van der Waals surface area contributed by atoms with Gasteiger partial charge in [0, 0.05) is 19.7 Å². The summed E-state index contributed by atoms with van der Waals surface area (Å²) in [6, 6.07) is 3.12. The number of hydrogen-bond acceptors (Lipinski definition) is 3. The molecule has 0 spiro atoms. The Balaban J connectivity index is 2.53. The number of nitrogens with zero attached hydrogens (tertiary/aromatic N) is 1. The van der Waals surface area contributed by atoms with Crippen LogP contribution in [0.15, 0.2) is 29.2 Å². The molecule has 1 rings (SSSR count). The van der Waals surface area contributed by atoms with E-state index in [0.717, 1.165) is 19.4 Å². The number of aromatic carboxylic acids is 1. The fraction of sp³-hybridized carbons (Fsp3) is 0.364. The lowest BCUT2D eigenvalue weighted by molar-refractivity contribution is 0.0663. The SMILES string of the molecule is C=CCCCN(C)c1ccc(C(=O)O)o1. The summed E-state index contributed by atoms with van der Waals surface area (Å²) in [4.78, 5) is 12.5. The molecule has 0 aliphatic heterocycles. The summed E-state index contributed by atoms with van der Waals surface area (Å²) in [6.45, 7) is 4.46. The Hall–Kier alpha value is -1.71. The largest absolute Gasteiger partial charge is 0.475 e. The molecule has 0 saturated carbocycles. The van der Waals surface area contributed by atoms with E-state index < -0.39 is 5.97 Å². The topological polar surface area (TPSA) is 53.7 Å². The Morgan fingerprint density at radius 2 is 2.40 bits per heavy atom. The molecule has 0 radical (unpaired) electrons. The van der Waals surface area contributed by atoms with E-state index in [9.17, 15) is 4.79 Å². The Morgan fingerprint density at radius 3 is 2.93 bits per heavy atom. The van der Waals surface area contributed by atoms with Crippen molar-refractivity contribution in [3.05, 3.63) is 30.5 Å². The van der Waals surface area contributed by atoms with E-state index in [1.54, 1.807) is 6.07 Å². The molecule has 82 valence electrons. The summed E-state index contributed by atoms with van der Waals surface area (Å²) in [5.41, 5.74) is 0. The van der Waals surface area contributed by atoms with E-state index in [0.29, 0.717) is 5.88 Å². The third-order valence-electron chi connectivity index (χ3n) is 2.08. The number of unbranched alkanes of at least 4 members (excludes halogenated alkanes) is 1. The van der Waals surface area contributed by atoms with Crippen molar-refractivity contribution in [2.24, 2.45) is 0 Å². The minimum atomic E-state index is -1.04. The predicted octanol–water partition coefficient (Wildman–Crippen LogP) is 2.38. The van der Waals surface area contributed by atoms with Gasteiger partial charge in [-0.1, -0.05) is 6.08 Å². The third kappa shape index (κ3) is 3.16. The van der Waals surface area contributed by atoms with Gasteiger partial charge in [0.05, 0.1) is 0 Å². The first kappa shape index (κ1) is 11.4.